The predicted octanol–water partition coefficient (Wildman–Crippen LogP) is 4.55. The SMILES string of the molecule is CCNC(Cc1ccccc1C)Cc1ccc(F)cc1Cl. The van der Waals surface area contributed by atoms with Crippen molar-refractivity contribution in [3.05, 3.63) is 70.0 Å². The number of hydrogen-bond donors (Lipinski definition) is 1. The van der Waals surface area contributed by atoms with Gasteiger partial charge in [-0.25, -0.2) is 4.39 Å². The molecule has 112 valence electrons. The third-order valence-corrected chi connectivity index (χ3v) is 4.05. The van der Waals surface area contributed by atoms with E-state index in [4.69, 9.17) is 11.6 Å². The predicted molar refractivity (Wildman–Crippen MR) is 87.5 cm³/mol. The van der Waals surface area contributed by atoms with E-state index >= 15 is 0 Å². The molecule has 0 amide bonds. The van der Waals surface area contributed by atoms with Crippen molar-refractivity contribution in [2.24, 2.45) is 0 Å². The Morgan fingerprint density at radius 1 is 1.10 bits per heavy atom. The summed E-state index contributed by atoms with van der Waals surface area (Å²) in [6.07, 6.45) is 1.73. The summed E-state index contributed by atoms with van der Waals surface area (Å²) < 4.78 is 13.1. The molecule has 2 aromatic carbocycles. The van der Waals surface area contributed by atoms with Crippen molar-refractivity contribution < 1.29 is 4.39 Å². The van der Waals surface area contributed by atoms with Gasteiger partial charge in [-0.2, -0.15) is 0 Å². The van der Waals surface area contributed by atoms with Crippen LogP contribution in [0.25, 0.3) is 0 Å². The summed E-state index contributed by atoms with van der Waals surface area (Å²) in [7, 11) is 0. The number of rotatable bonds is 6. The van der Waals surface area contributed by atoms with Crippen molar-refractivity contribution in [2.75, 3.05) is 6.54 Å². The molecule has 0 bridgehead atoms. The normalized spacial score (nSPS) is 12.4. The van der Waals surface area contributed by atoms with Crippen LogP contribution in [0.4, 0.5) is 4.39 Å². The zero-order valence-corrected chi connectivity index (χ0v) is 13.3. The van der Waals surface area contributed by atoms with Crippen LogP contribution in [0.15, 0.2) is 42.5 Å². The molecular formula is C18H21ClFN. The van der Waals surface area contributed by atoms with Gasteiger partial charge in [0.15, 0.2) is 0 Å². The molecule has 1 atom stereocenters. The molecular weight excluding hydrogens is 285 g/mol. The van der Waals surface area contributed by atoms with E-state index in [9.17, 15) is 4.39 Å². The fraction of sp³-hybridized carbons (Fsp3) is 0.333. The Hall–Kier alpha value is -1.38. The lowest BCUT2D eigenvalue weighted by Gasteiger charge is -2.20. The summed E-state index contributed by atoms with van der Waals surface area (Å²) in [5, 5.41) is 4.00. The van der Waals surface area contributed by atoms with Crippen LogP contribution in [0.1, 0.15) is 23.6 Å². The van der Waals surface area contributed by atoms with Gasteiger partial charge >= 0.3 is 0 Å². The average molecular weight is 306 g/mol. The number of aryl methyl sites for hydroxylation is 1. The van der Waals surface area contributed by atoms with Gasteiger partial charge in [-0.1, -0.05) is 48.9 Å². The molecule has 0 saturated carbocycles. The minimum absolute atomic E-state index is 0.289. The molecule has 1 N–H and O–H groups in total. The lowest BCUT2D eigenvalue weighted by atomic mass is 9.96. The highest BCUT2D eigenvalue weighted by atomic mass is 35.5. The first-order valence-electron chi connectivity index (χ1n) is 7.32. The highest BCUT2D eigenvalue weighted by Gasteiger charge is 2.13. The topological polar surface area (TPSA) is 12.0 Å². The molecule has 0 fully saturated rings. The van der Waals surface area contributed by atoms with Crippen LogP contribution in [-0.2, 0) is 12.8 Å². The van der Waals surface area contributed by atoms with Crippen LogP contribution in [0.5, 0.6) is 0 Å². The number of halogens is 2. The van der Waals surface area contributed by atoms with Crippen molar-refractivity contribution >= 4 is 11.6 Å². The van der Waals surface area contributed by atoms with Crippen molar-refractivity contribution in [3.8, 4) is 0 Å². The minimum Gasteiger partial charge on any atom is -0.314 e. The maximum atomic E-state index is 13.1. The standard InChI is InChI=1S/C18H21ClFN/c1-3-21-17(10-14-7-5-4-6-13(14)2)11-15-8-9-16(20)12-18(15)19/h4-9,12,17,21H,3,10-11H2,1-2H3. The summed E-state index contributed by atoms with van der Waals surface area (Å²) in [6, 6.07) is 13.3. The molecule has 3 heteroatoms. The van der Waals surface area contributed by atoms with Crippen molar-refractivity contribution in [2.45, 2.75) is 32.7 Å². The number of likely N-dealkylation sites (N-methyl/N-ethyl adjacent to an activating group) is 1. The molecule has 1 unspecified atom stereocenters. The zero-order chi connectivity index (χ0) is 15.2. The first kappa shape index (κ1) is 16.0. The van der Waals surface area contributed by atoms with Crippen LogP contribution >= 0.6 is 11.6 Å². The van der Waals surface area contributed by atoms with E-state index in [1.165, 1.54) is 23.3 Å². The second-order valence-electron chi connectivity index (χ2n) is 5.33. The molecule has 0 aliphatic heterocycles. The Labute approximate surface area is 131 Å². The van der Waals surface area contributed by atoms with Gasteiger partial charge in [0.25, 0.3) is 0 Å². The molecule has 2 aromatic rings. The van der Waals surface area contributed by atoms with Crippen LogP contribution in [0.3, 0.4) is 0 Å². The lowest BCUT2D eigenvalue weighted by Crippen LogP contribution is -2.33. The Morgan fingerprint density at radius 2 is 1.81 bits per heavy atom. The maximum absolute atomic E-state index is 13.1. The molecule has 0 saturated heterocycles. The van der Waals surface area contributed by atoms with E-state index < -0.39 is 0 Å². The van der Waals surface area contributed by atoms with E-state index in [1.54, 1.807) is 6.07 Å². The Bertz CT molecular complexity index is 598. The van der Waals surface area contributed by atoms with E-state index in [0.717, 1.165) is 24.9 Å². The second-order valence-corrected chi connectivity index (χ2v) is 5.73. The molecule has 0 heterocycles. The van der Waals surface area contributed by atoms with Gasteiger partial charge in [0, 0.05) is 11.1 Å². The van der Waals surface area contributed by atoms with Gasteiger partial charge in [-0.15, -0.1) is 0 Å². The molecule has 0 aromatic heterocycles. The third kappa shape index (κ3) is 4.55. The van der Waals surface area contributed by atoms with Crippen molar-refractivity contribution in [1.29, 1.82) is 0 Å². The van der Waals surface area contributed by atoms with E-state index in [2.05, 4.69) is 43.4 Å². The largest absolute Gasteiger partial charge is 0.314 e. The monoisotopic (exact) mass is 305 g/mol. The Balaban J connectivity index is 2.14. The minimum atomic E-state index is -0.289. The van der Waals surface area contributed by atoms with Gasteiger partial charge in [-0.05, 0) is 55.1 Å². The number of nitrogens with one attached hydrogen (secondary N) is 1. The first-order chi connectivity index (χ1) is 10.1. The van der Waals surface area contributed by atoms with Crippen molar-refractivity contribution in [3.63, 3.8) is 0 Å². The van der Waals surface area contributed by atoms with Crippen LogP contribution in [0.2, 0.25) is 5.02 Å². The lowest BCUT2D eigenvalue weighted by molar-refractivity contribution is 0.520. The summed E-state index contributed by atoms with van der Waals surface area (Å²) in [4.78, 5) is 0. The van der Waals surface area contributed by atoms with E-state index in [1.807, 2.05) is 0 Å². The molecule has 0 spiro atoms. The Kier molecular flexibility index (Phi) is 5.77. The van der Waals surface area contributed by atoms with Gasteiger partial charge in [0.05, 0.1) is 0 Å². The summed E-state index contributed by atoms with van der Waals surface area (Å²) >= 11 is 6.14. The van der Waals surface area contributed by atoms with E-state index in [0.29, 0.717) is 11.1 Å². The molecule has 21 heavy (non-hydrogen) atoms. The molecule has 0 aliphatic rings. The van der Waals surface area contributed by atoms with Gasteiger partial charge < -0.3 is 5.32 Å². The highest BCUT2D eigenvalue weighted by molar-refractivity contribution is 6.31. The summed E-state index contributed by atoms with van der Waals surface area (Å²) in [5.74, 6) is -0.289. The quantitative estimate of drug-likeness (QED) is 0.825. The number of benzene rings is 2. The molecule has 2 rings (SSSR count). The zero-order valence-electron chi connectivity index (χ0n) is 12.5. The fourth-order valence-corrected chi connectivity index (χ4v) is 2.81. The maximum Gasteiger partial charge on any atom is 0.124 e. The number of hydrogen-bond acceptors (Lipinski definition) is 1. The van der Waals surface area contributed by atoms with Crippen molar-refractivity contribution in [1.82, 2.24) is 5.32 Å². The van der Waals surface area contributed by atoms with E-state index in [-0.39, 0.29) is 5.82 Å². The molecule has 0 radical (unpaired) electrons. The highest BCUT2D eigenvalue weighted by Crippen LogP contribution is 2.20. The first-order valence-corrected chi connectivity index (χ1v) is 7.69. The van der Waals surface area contributed by atoms with Crippen LogP contribution in [-0.4, -0.2) is 12.6 Å². The van der Waals surface area contributed by atoms with Gasteiger partial charge in [0.2, 0.25) is 0 Å². The molecule has 0 aliphatic carbocycles. The van der Waals surface area contributed by atoms with Gasteiger partial charge in [0.1, 0.15) is 5.82 Å². The van der Waals surface area contributed by atoms with Crippen LogP contribution < -0.4 is 5.32 Å². The average Bonchev–Trinajstić information content (AvgIpc) is 2.44. The third-order valence-electron chi connectivity index (χ3n) is 3.70. The summed E-state index contributed by atoms with van der Waals surface area (Å²) in [6.45, 7) is 5.12. The Morgan fingerprint density at radius 3 is 2.48 bits per heavy atom. The smallest absolute Gasteiger partial charge is 0.124 e. The summed E-state index contributed by atoms with van der Waals surface area (Å²) in [5.41, 5.74) is 3.62. The molecule has 1 nitrogen and oxygen atoms in total. The fourth-order valence-electron chi connectivity index (χ4n) is 2.56. The van der Waals surface area contributed by atoms with Gasteiger partial charge in [-0.3, -0.25) is 0 Å². The second kappa shape index (κ2) is 7.58. The van der Waals surface area contributed by atoms with Crippen LogP contribution in [0, 0.1) is 12.7 Å².